The van der Waals surface area contributed by atoms with E-state index >= 15 is 0 Å². The molecule has 0 amide bonds. The van der Waals surface area contributed by atoms with Gasteiger partial charge in [0.05, 0.1) is 0 Å². The summed E-state index contributed by atoms with van der Waals surface area (Å²) in [6.45, 7) is 5.71. The predicted molar refractivity (Wildman–Crippen MR) is 43.9 cm³/mol. The van der Waals surface area contributed by atoms with Crippen LogP contribution in [0.3, 0.4) is 0 Å². The van der Waals surface area contributed by atoms with Crippen LogP contribution in [0.5, 0.6) is 0 Å². The van der Waals surface area contributed by atoms with E-state index in [1.54, 1.807) is 0 Å². The molecular formula is C3H12O2Si3. The van der Waals surface area contributed by atoms with Gasteiger partial charge in [-0.05, 0) is 0 Å². The van der Waals surface area contributed by atoms with Crippen LogP contribution >= 0.6 is 0 Å². The normalized spacial score (nSPS) is 15.1. The second kappa shape index (κ2) is 5.45. The first kappa shape index (κ1) is 8.31. The van der Waals surface area contributed by atoms with E-state index in [0.717, 1.165) is 10.5 Å². The second-order valence-electron chi connectivity index (χ2n) is 1.30. The monoisotopic (exact) mass is 164 g/mol. The molecule has 5 heteroatoms. The van der Waals surface area contributed by atoms with Crippen molar-refractivity contribution in [2.45, 2.75) is 6.55 Å². The third-order valence-corrected chi connectivity index (χ3v) is 5.65. The number of hydrogen-bond donors (Lipinski definition) is 0. The summed E-state index contributed by atoms with van der Waals surface area (Å²) < 4.78 is 10.4. The standard InChI is InChI=1S/C3H12O2Si3/c1-3-8(4-6)5-7-2/h3,8H,1,7H2,2,6H3. The first-order valence-electron chi connectivity index (χ1n) is 2.62. The molecule has 0 fully saturated rings. The van der Waals surface area contributed by atoms with Crippen molar-refractivity contribution in [3.05, 3.63) is 12.3 Å². The lowest BCUT2D eigenvalue weighted by Gasteiger charge is -2.06. The summed E-state index contributed by atoms with van der Waals surface area (Å²) in [4.78, 5) is 0. The predicted octanol–water partition coefficient (Wildman–Crippen LogP) is -1.62. The molecule has 0 aromatic rings. The maximum absolute atomic E-state index is 5.31. The summed E-state index contributed by atoms with van der Waals surface area (Å²) in [5.41, 5.74) is 1.82. The molecule has 2 nitrogen and oxygen atoms in total. The highest BCUT2D eigenvalue weighted by Gasteiger charge is 2.00. The Bertz CT molecular complexity index is 67.5. The Morgan fingerprint density at radius 3 is 2.62 bits per heavy atom. The van der Waals surface area contributed by atoms with Crippen LogP contribution in [0.2, 0.25) is 6.55 Å². The summed E-state index contributed by atoms with van der Waals surface area (Å²) in [6, 6.07) is 0. The summed E-state index contributed by atoms with van der Waals surface area (Å²) in [6.07, 6.45) is 0. The van der Waals surface area contributed by atoms with Crippen LogP contribution in [0.15, 0.2) is 12.3 Å². The highest BCUT2D eigenvalue weighted by molar-refractivity contribution is 6.59. The lowest BCUT2D eigenvalue weighted by molar-refractivity contribution is 0.481. The molecule has 0 heterocycles. The SMILES string of the molecule is C=C[SiH](O[SiH3])O[SiH2]C. The van der Waals surface area contributed by atoms with E-state index in [1.807, 2.05) is 5.70 Å². The van der Waals surface area contributed by atoms with E-state index in [9.17, 15) is 0 Å². The Hall–Kier alpha value is 0.311. The van der Waals surface area contributed by atoms with Crippen LogP contribution in [0.1, 0.15) is 0 Å². The van der Waals surface area contributed by atoms with Crippen LogP contribution in [-0.2, 0) is 8.23 Å². The van der Waals surface area contributed by atoms with Crippen LogP contribution in [0.25, 0.3) is 0 Å². The molecule has 0 aromatic carbocycles. The molecule has 0 rings (SSSR count). The average molecular weight is 164 g/mol. The minimum atomic E-state index is -1.30. The highest BCUT2D eigenvalue weighted by atomic mass is 28.4. The van der Waals surface area contributed by atoms with E-state index in [-0.39, 0.29) is 9.76 Å². The van der Waals surface area contributed by atoms with Crippen molar-refractivity contribution in [3.63, 3.8) is 0 Å². The summed E-state index contributed by atoms with van der Waals surface area (Å²) >= 11 is 0. The lowest BCUT2D eigenvalue weighted by atomic mass is 11.3. The van der Waals surface area contributed by atoms with E-state index < -0.39 is 9.28 Å². The van der Waals surface area contributed by atoms with Gasteiger partial charge in [-0.2, -0.15) is 0 Å². The van der Waals surface area contributed by atoms with Gasteiger partial charge in [0.2, 0.25) is 0 Å². The Labute approximate surface area is 57.2 Å². The van der Waals surface area contributed by atoms with E-state index in [2.05, 4.69) is 13.1 Å². The lowest BCUT2D eigenvalue weighted by Crippen LogP contribution is -2.19. The molecule has 0 aliphatic heterocycles. The molecule has 1 unspecified atom stereocenters. The van der Waals surface area contributed by atoms with Gasteiger partial charge in [0.25, 0.3) is 0 Å². The molecule has 0 saturated heterocycles. The molecule has 0 spiro atoms. The van der Waals surface area contributed by atoms with Gasteiger partial charge in [-0.15, -0.1) is 6.58 Å². The Morgan fingerprint density at radius 2 is 2.50 bits per heavy atom. The van der Waals surface area contributed by atoms with Crippen molar-refractivity contribution in [1.29, 1.82) is 0 Å². The minimum Gasteiger partial charge on any atom is -0.444 e. The zero-order valence-corrected chi connectivity index (χ0v) is 9.95. The van der Waals surface area contributed by atoms with Gasteiger partial charge in [-0.25, -0.2) is 0 Å². The molecule has 0 radical (unpaired) electrons. The molecule has 0 bridgehead atoms. The number of hydrogen-bond acceptors (Lipinski definition) is 2. The third kappa shape index (κ3) is 3.33. The van der Waals surface area contributed by atoms with E-state index in [4.69, 9.17) is 8.23 Å². The molecule has 0 aromatic heterocycles. The fourth-order valence-electron chi connectivity index (χ4n) is 0.397. The van der Waals surface area contributed by atoms with Crippen LogP contribution in [0.4, 0.5) is 0 Å². The Kier molecular flexibility index (Phi) is 5.66. The second-order valence-corrected chi connectivity index (χ2v) is 6.30. The van der Waals surface area contributed by atoms with Crippen molar-refractivity contribution in [3.8, 4) is 0 Å². The molecule has 8 heavy (non-hydrogen) atoms. The van der Waals surface area contributed by atoms with Crippen LogP contribution in [-0.4, -0.2) is 29.5 Å². The Balaban J connectivity index is 3.21. The van der Waals surface area contributed by atoms with Crippen molar-refractivity contribution >= 4 is 29.5 Å². The fourth-order valence-corrected chi connectivity index (χ4v) is 4.79. The zero-order valence-electron chi connectivity index (χ0n) is 5.39. The average Bonchev–Trinajstić information content (AvgIpc) is 1.83. The molecular weight excluding hydrogens is 152 g/mol. The molecule has 0 aliphatic rings. The van der Waals surface area contributed by atoms with E-state index in [1.165, 1.54) is 0 Å². The van der Waals surface area contributed by atoms with Crippen LogP contribution < -0.4 is 0 Å². The van der Waals surface area contributed by atoms with Gasteiger partial charge in [-0.3, -0.25) is 0 Å². The molecule has 0 saturated carbocycles. The maximum atomic E-state index is 5.31. The fraction of sp³-hybridized carbons (Fsp3) is 0.333. The van der Waals surface area contributed by atoms with Crippen molar-refractivity contribution < 1.29 is 8.23 Å². The summed E-state index contributed by atoms with van der Waals surface area (Å²) in [5, 5.41) is 0. The van der Waals surface area contributed by atoms with Gasteiger partial charge in [0.15, 0.2) is 0 Å². The first-order valence-corrected chi connectivity index (χ1v) is 7.03. The van der Waals surface area contributed by atoms with E-state index in [0.29, 0.717) is 0 Å². The van der Waals surface area contributed by atoms with Gasteiger partial charge in [-0.1, -0.05) is 12.2 Å². The van der Waals surface area contributed by atoms with Gasteiger partial charge >= 0.3 is 9.28 Å². The van der Waals surface area contributed by atoms with Crippen molar-refractivity contribution in [1.82, 2.24) is 0 Å². The van der Waals surface area contributed by atoms with Crippen molar-refractivity contribution in [2.24, 2.45) is 0 Å². The smallest absolute Gasteiger partial charge is 0.326 e. The molecule has 48 valence electrons. The quantitative estimate of drug-likeness (QED) is 0.465. The number of rotatable bonds is 4. The van der Waals surface area contributed by atoms with Crippen LogP contribution in [0, 0.1) is 0 Å². The zero-order chi connectivity index (χ0) is 6.41. The molecule has 0 N–H and O–H groups in total. The minimum absolute atomic E-state index is 0.268. The molecule has 1 atom stereocenters. The van der Waals surface area contributed by atoms with Crippen molar-refractivity contribution in [2.75, 3.05) is 0 Å². The largest absolute Gasteiger partial charge is 0.444 e. The summed E-state index contributed by atoms with van der Waals surface area (Å²) in [5.74, 6) is 0. The summed E-state index contributed by atoms with van der Waals surface area (Å²) in [7, 11) is -0.789. The Morgan fingerprint density at radius 1 is 1.88 bits per heavy atom. The van der Waals surface area contributed by atoms with Gasteiger partial charge < -0.3 is 8.23 Å². The topological polar surface area (TPSA) is 18.5 Å². The third-order valence-electron chi connectivity index (χ3n) is 0.756. The van der Waals surface area contributed by atoms with Gasteiger partial charge in [0.1, 0.15) is 20.2 Å². The van der Waals surface area contributed by atoms with Gasteiger partial charge in [0, 0.05) is 0 Å². The molecule has 0 aliphatic carbocycles. The highest BCUT2D eigenvalue weighted by Crippen LogP contribution is 1.83. The maximum Gasteiger partial charge on any atom is 0.326 e. The first-order chi connectivity index (χ1) is 3.85.